The molecular formula is C28H30FN5O2. The second kappa shape index (κ2) is 10.9. The molecule has 0 radical (unpaired) electrons. The number of nitrogens with zero attached hydrogens (tertiary/aromatic N) is 4. The number of rotatable bonds is 9. The Kier molecular flexibility index (Phi) is 7.23. The molecular weight excluding hydrogens is 457 g/mol. The van der Waals surface area contributed by atoms with Crippen molar-refractivity contribution in [1.29, 1.82) is 0 Å². The molecule has 0 saturated carbocycles. The molecule has 1 saturated heterocycles. The van der Waals surface area contributed by atoms with E-state index in [0.29, 0.717) is 24.7 Å². The van der Waals surface area contributed by atoms with E-state index in [1.165, 1.54) is 18.2 Å². The SMILES string of the molecule is O=[N+]([O-])c1ccccc1NCCN1CCC(Cc2nc3ccccc3n2Cc2ccc(F)cc2)CC1. The Balaban J connectivity index is 1.18. The van der Waals surface area contributed by atoms with Gasteiger partial charge in [-0.05, 0) is 67.7 Å². The number of nitro benzene ring substituents is 1. The molecule has 0 bridgehead atoms. The van der Waals surface area contributed by atoms with Gasteiger partial charge in [0.2, 0.25) is 0 Å². The number of anilines is 1. The highest BCUT2D eigenvalue weighted by Gasteiger charge is 2.22. The number of para-hydroxylation sites is 4. The zero-order chi connectivity index (χ0) is 24.9. The summed E-state index contributed by atoms with van der Waals surface area (Å²) >= 11 is 0. The lowest BCUT2D eigenvalue weighted by Gasteiger charge is -2.32. The third kappa shape index (κ3) is 5.54. The monoisotopic (exact) mass is 487 g/mol. The Morgan fingerprint density at radius 2 is 1.72 bits per heavy atom. The quantitative estimate of drug-likeness (QED) is 0.249. The average Bonchev–Trinajstić information content (AvgIpc) is 3.23. The molecule has 36 heavy (non-hydrogen) atoms. The maximum atomic E-state index is 13.4. The van der Waals surface area contributed by atoms with Crippen LogP contribution in [-0.4, -0.2) is 45.6 Å². The van der Waals surface area contributed by atoms with Crippen LogP contribution in [0.5, 0.6) is 0 Å². The number of likely N-dealkylation sites (tertiary alicyclic amines) is 1. The minimum absolute atomic E-state index is 0.111. The van der Waals surface area contributed by atoms with Crippen molar-refractivity contribution >= 4 is 22.4 Å². The summed E-state index contributed by atoms with van der Waals surface area (Å²) in [4.78, 5) is 18.2. The van der Waals surface area contributed by atoms with Gasteiger partial charge < -0.3 is 14.8 Å². The van der Waals surface area contributed by atoms with E-state index < -0.39 is 0 Å². The summed E-state index contributed by atoms with van der Waals surface area (Å²) < 4.78 is 15.7. The molecule has 0 aliphatic carbocycles. The van der Waals surface area contributed by atoms with Crippen molar-refractivity contribution in [3.63, 3.8) is 0 Å². The molecule has 0 unspecified atom stereocenters. The predicted molar refractivity (Wildman–Crippen MR) is 140 cm³/mol. The Hall–Kier alpha value is -3.78. The van der Waals surface area contributed by atoms with Crippen LogP contribution in [-0.2, 0) is 13.0 Å². The first-order valence-electron chi connectivity index (χ1n) is 12.4. The molecule has 4 aromatic rings. The summed E-state index contributed by atoms with van der Waals surface area (Å²) in [6.45, 7) is 4.19. The van der Waals surface area contributed by atoms with Crippen molar-refractivity contribution in [1.82, 2.24) is 14.5 Å². The molecule has 1 aliphatic heterocycles. The molecule has 7 nitrogen and oxygen atoms in total. The van der Waals surface area contributed by atoms with Gasteiger partial charge in [-0.25, -0.2) is 9.37 Å². The third-order valence-corrected chi connectivity index (χ3v) is 7.01. The smallest absolute Gasteiger partial charge is 0.292 e. The second-order valence-electron chi connectivity index (χ2n) is 9.42. The highest BCUT2D eigenvalue weighted by atomic mass is 19.1. The number of imidazole rings is 1. The van der Waals surface area contributed by atoms with Crippen LogP contribution in [0.25, 0.3) is 11.0 Å². The lowest BCUT2D eigenvalue weighted by molar-refractivity contribution is -0.384. The van der Waals surface area contributed by atoms with E-state index in [1.807, 2.05) is 36.4 Å². The van der Waals surface area contributed by atoms with Crippen LogP contribution in [0, 0.1) is 21.8 Å². The van der Waals surface area contributed by atoms with Crippen molar-refractivity contribution in [3.05, 3.63) is 100 Å². The Morgan fingerprint density at radius 1 is 1.00 bits per heavy atom. The van der Waals surface area contributed by atoms with Gasteiger partial charge in [0, 0.05) is 32.1 Å². The number of nitrogens with one attached hydrogen (secondary N) is 1. The summed E-state index contributed by atoms with van der Waals surface area (Å²) in [7, 11) is 0. The molecule has 1 fully saturated rings. The van der Waals surface area contributed by atoms with E-state index in [0.717, 1.165) is 61.3 Å². The summed E-state index contributed by atoms with van der Waals surface area (Å²) in [5.74, 6) is 1.41. The van der Waals surface area contributed by atoms with Gasteiger partial charge >= 0.3 is 0 Å². The van der Waals surface area contributed by atoms with E-state index in [-0.39, 0.29) is 16.4 Å². The van der Waals surface area contributed by atoms with E-state index in [9.17, 15) is 14.5 Å². The molecule has 5 rings (SSSR count). The fraction of sp³-hybridized carbons (Fsp3) is 0.321. The van der Waals surface area contributed by atoms with Crippen LogP contribution in [0.2, 0.25) is 0 Å². The van der Waals surface area contributed by atoms with E-state index >= 15 is 0 Å². The Labute approximate surface area is 209 Å². The van der Waals surface area contributed by atoms with Crippen molar-refractivity contribution in [2.75, 3.05) is 31.5 Å². The first-order chi connectivity index (χ1) is 17.6. The maximum Gasteiger partial charge on any atom is 0.292 e. The van der Waals surface area contributed by atoms with Gasteiger partial charge in [-0.2, -0.15) is 0 Å². The lowest BCUT2D eigenvalue weighted by Crippen LogP contribution is -2.37. The maximum absolute atomic E-state index is 13.4. The number of halogens is 1. The zero-order valence-electron chi connectivity index (χ0n) is 20.1. The summed E-state index contributed by atoms with van der Waals surface area (Å²) in [6.07, 6.45) is 3.09. The molecule has 1 aliphatic rings. The molecule has 1 N–H and O–H groups in total. The highest BCUT2D eigenvalue weighted by Crippen LogP contribution is 2.26. The van der Waals surface area contributed by atoms with Gasteiger partial charge in [-0.1, -0.05) is 36.4 Å². The van der Waals surface area contributed by atoms with Gasteiger partial charge in [0.05, 0.1) is 16.0 Å². The van der Waals surface area contributed by atoms with E-state index in [2.05, 4.69) is 20.9 Å². The largest absolute Gasteiger partial charge is 0.378 e. The minimum atomic E-state index is -0.350. The van der Waals surface area contributed by atoms with Gasteiger partial charge in [-0.15, -0.1) is 0 Å². The van der Waals surface area contributed by atoms with Crippen LogP contribution in [0.15, 0.2) is 72.8 Å². The van der Waals surface area contributed by atoms with Crippen LogP contribution in [0.4, 0.5) is 15.8 Å². The molecule has 0 spiro atoms. The summed E-state index contributed by atoms with van der Waals surface area (Å²) in [5.41, 5.74) is 3.84. The van der Waals surface area contributed by atoms with Crippen LogP contribution in [0.1, 0.15) is 24.2 Å². The summed E-state index contributed by atoms with van der Waals surface area (Å²) in [5, 5.41) is 14.4. The number of benzene rings is 3. The number of aromatic nitrogens is 2. The first kappa shape index (κ1) is 23.9. The van der Waals surface area contributed by atoms with E-state index in [1.54, 1.807) is 12.1 Å². The third-order valence-electron chi connectivity index (χ3n) is 7.01. The normalized spacial score (nSPS) is 14.8. The molecule has 1 aromatic heterocycles. The van der Waals surface area contributed by atoms with Crippen LogP contribution < -0.4 is 5.32 Å². The molecule has 2 heterocycles. The molecule has 8 heteroatoms. The summed E-state index contributed by atoms with van der Waals surface area (Å²) in [6, 6.07) is 21.7. The molecule has 186 valence electrons. The number of hydrogen-bond donors (Lipinski definition) is 1. The minimum Gasteiger partial charge on any atom is -0.378 e. The van der Waals surface area contributed by atoms with Gasteiger partial charge in [-0.3, -0.25) is 10.1 Å². The predicted octanol–water partition coefficient (Wildman–Crippen LogP) is 5.50. The van der Waals surface area contributed by atoms with Crippen molar-refractivity contribution < 1.29 is 9.31 Å². The molecule has 0 amide bonds. The van der Waals surface area contributed by atoms with Crippen molar-refractivity contribution in [3.8, 4) is 0 Å². The van der Waals surface area contributed by atoms with Crippen LogP contribution in [0.3, 0.4) is 0 Å². The number of fused-ring (bicyclic) bond motifs is 1. The fourth-order valence-electron chi connectivity index (χ4n) is 5.03. The molecule has 0 atom stereocenters. The lowest BCUT2D eigenvalue weighted by atomic mass is 9.93. The number of nitro groups is 1. The fourth-order valence-corrected chi connectivity index (χ4v) is 5.03. The number of hydrogen-bond acceptors (Lipinski definition) is 5. The van der Waals surface area contributed by atoms with Crippen molar-refractivity contribution in [2.45, 2.75) is 25.8 Å². The first-order valence-corrected chi connectivity index (χ1v) is 12.4. The molecule has 3 aromatic carbocycles. The zero-order valence-corrected chi connectivity index (χ0v) is 20.1. The van der Waals surface area contributed by atoms with Crippen molar-refractivity contribution in [2.24, 2.45) is 5.92 Å². The second-order valence-corrected chi connectivity index (χ2v) is 9.42. The number of piperidine rings is 1. The topological polar surface area (TPSA) is 76.2 Å². The van der Waals surface area contributed by atoms with Gasteiger partial charge in [0.1, 0.15) is 17.3 Å². The average molecular weight is 488 g/mol. The van der Waals surface area contributed by atoms with Crippen LogP contribution >= 0.6 is 0 Å². The Morgan fingerprint density at radius 3 is 2.50 bits per heavy atom. The highest BCUT2D eigenvalue weighted by molar-refractivity contribution is 5.76. The van der Waals surface area contributed by atoms with E-state index in [4.69, 9.17) is 4.98 Å². The Bertz CT molecular complexity index is 1330. The standard InChI is InChI=1S/C28H30FN5O2/c29-23-11-9-22(10-12-23)20-33-26-7-3-2-6-25(26)31-28(33)19-21-13-16-32(17-14-21)18-15-30-24-5-1-4-8-27(24)34(35)36/h1-12,21,30H,13-20H2. The van der Waals surface area contributed by atoms with Gasteiger partial charge in [0.25, 0.3) is 5.69 Å². The van der Waals surface area contributed by atoms with Gasteiger partial charge in [0.15, 0.2) is 0 Å².